The molecule has 2 aliphatic heterocycles. The minimum absolute atomic E-state index is 0.00694. The molecule has 0 aromatic rings. The van der Waals surface area contributed by atoms with Crippen molar-refractivity contribution in [3.63, 3.8) is 0 Å². The molecule has 0 radical (unpaired) electrons. The van der Waals surface area contributed by atoms with E-state index in [4.69, 9.17) is 4.74 Å². The minimum Gasteiger partial charge on any atom is -0.378 e. The lowest BCUT2D eigenvalue weighted by molar-refractivity contribution is -0.138. The van der Waals surface area contributed by atoms with Crippen molar-refractivity contribution in [2.45, 2.75) is 25.8 Å². The molecule has 2 rings (SSSR count). The van der Waals surface area contributed by atoms with Crippen LogP contribution in [0.5, 0.6) is 0 Å². The molecule has 4 heteroatoms. The summed E-state index contributed by atoms with van der Waals surface area (Å²) in [6.45, 7) is 8.29. The summed E-state index contributed by atoms with van der Waals surface area (Å²) < 4.78 is 5.51. The zero-order valence-corrected chi connectivity index (χ0v) is 10.0. The fourth-order valence-electron chi connectivity index (χ4n) is 2.16. The summed E-state index contributed by atoms with van der Waals surface area (Å²) >= 11 is 0. The predicted octanol–water partition coefficient (Wildman–Crippen LogP) is 0.576. The van der Waals surface area contributed by atoms with E-state index < -0.39 is 0 Å². The van der Waals surface area contributed by atoms with Crippen LogP contribution in [0.4, 0.5) is 0 Å². The van der Waals surface area contributed by atoms with Crippen LogP contribution in [0.25, 0.3) is 0 Å². The number of ether oxygens (including phenoxy) is 1. The molecule has 1 atom stereocenters. The van der Waals surface area contributed by atoms with Gasteiger partial charge in [-0.2, -0.15) is 0 Å². The molecular formula is C11H22N2O2. The number of hydrogen-bond acceptors (Lipinski definition) is 3. The smallest absolute Gasteiger partial charge is 0.210 e. The van der Waals surface area contributed by atoms with Gasteiger partial charge in [0.15, 0.2) is 0 Å². The molecule has 1 amide bonds. The molecule has 4 nitrogen and oxygen atoms in total. The van der Waals surface area contributed by atoms with Crippen molar-refractivity contribution < 1.29 is 9.53 Å². The van der Waals surface area contributed by atoms with Crippen LogP contribution in [-0.4, -0.2) is 61.6 Å². The number of likely N-dealkylation sites (tertiary alicyclic amines) is 1. The summed E-state index contributed by atoms with van der Waals surface area (Å²) in [5, 5.41) is 0. The van der Waals surface area contributed by atoms with Crippen molar-refractivity contribution >= 4 is 6.41 Å². The van der Waals surface area contributed by atoms with E-state index in [9.17, 15) is 4.79 Å². The summed E-state index contributed by atoms with van der Waals surface area (Å²) in [5.41, 5.74) is -0.00694. The molecule has 2 heterocycles. The first-order chi connectivity index (χ1) is 7.27. The molecule has 0 aromatic heterocycles. The van der Waals surface area contributed by atoms with E-state index in [1.54, 1.807) is 0 Å². The number of hydrogen-bond donors (Lipinski definition) is 0. The average molecular weight is 214 g/mol. The van der Waals surface area contributed by atoms with Crippen molar-refractivity contribution in [2.75, 3.05) is 39.9 Å². The Balaban J connectivity index is 0.000000531. The lowest BCUT2D eigenvalue weighted by Crippen LogP contribution is -2.65. The van der Waals surface area contributed by atoms with Gasteiger partial charge in [-0.05, 0) is 13.5 Å². The molecule has 15 heavy (non-hydrogen) atoms. The Hall–Kier alpha value is -0.610. The molecule has 1 spiro atoms. The first kappa shape index (κ1) is 12.5. The van der Waals surface area contributed by atoms with Crippen LogP contribution in [0, 0.1) is 0 Å². The molecule has 0 aliphatic carbocycles. The number of likely N-dealkylation sites (N-methyl/N-ethyl adjacent to an activating group) is 1. The summed E-state index contributed by atoms with van der Waals surface area (Å²) in [5.74, 6) is 0. The van der Waals surface area contributed by atoms with E-state index in [0.717, 1.165) is 39.1 Å². The Labute approximate surface area is 92.2 Å². The maximum Gasteiger partial charge on any atom is 0.210 e. The van der Waals surface area contributed by atoms with Gasteiger partial charge in [0, 0.05) is 19.6 Å². The van der Waals surface area contributed by atoms with Crippen LogP contribution in [-0.2, 0) is 9.53 Å². The third kappa shape index (κ3) is 2.49. The highest BCUT2D eigenvalue weighted by atomic mass is 16.5. The quantitative estimate of drug-likeness (QED) is 0.598. The zero-order chi connectivity index (χ0) is 11.3. The van der Waals surface area contributed by atoms with Crippen LogP contribution in [0.15, 0.2) is 0 Å². The lowest BCUT2D eigenvalue weighted by Gasteiger charge is -2.51. The second-order valence-electron chi connectivity index (χ2n) is 4.06. The van der Waals surface area contributed by atoms with E-state index in [2.05, 4.69) is 11.9 Å². The van der Waals surface area contributed by atoms with Crippen molar-refractivity contribution in [3.8, 4) is 0 Å². The van der Waals surface area contributed by atoms with E-state index in [-0.39, 0.29) is 5.54 Å². The summed E-state index contributed by atoms with van der Waals surface area (Å²) in [6, 6.07) is 0. The van der Waals surface area contributed by atoms with Crippen molar-refractivity contribution in [1.82, 2.24) is 9.80 Å². The van der Waals surface area contributed by atoms with E-state index >= 15 is 0 Å². The molecule has 88 valence electrons. The number of carbonyl (C=O) groups is 1. The highest BCUT2D eigenvalue weighted by molar-refractivity contribution is 5.51. The normalized spacial score (nSPS) is 31.3. The van der Waals surface area contributed by atoms with E-state index in [1.165, 1.54) is 0 Å². The first-order valence-corrected chi connectivity index (χ1v) is 5.75. The Morgan fingerprint density at radius 1 is 1.33 bits per heavy atom. The summed E-state index contributed by atoms with van der Waals surface area (Å²) in [7, 11) is 2.08. The fraction of sp³-hybridized carbons (Fsp3) is 0.909. The number of carbonyl (C=O) groups excluding carboxylic acids is 1. The number of nitrogens with zero attached hydrogens (tertiary/aromatic N) is 2. The highest BCUT2D eigenvalue weighted by Gasteiger charge is 2.45. The summed E-state index contributed by atoms with van der Waals surface area (Å²) in [6.07, 6.45) is 2.03. The molecule has 0 aromatic carbocycles. The van der Waals surface area contributed by atoms with Crippen LogP contribution in [0.1, 0.15) is 20.3 Å². The molecule has 1 unspecified atom stereocenters. The molecule has 0 bridgehead atoms. The summed E-state index contributed by atoms with van der Waals surface area (Å²) in [4.78, 5) is 14.8. The van der Waals surface area contributed by atoms with Gasteiger partial charge in [-0.3, -0.25) is 4.79 Å². The highest BCUT2D eigenvalue weighted by Crippen LogP contribution is 2.31. The fourth-order valence-corrected chi connectivity index (χ4v) is 2.16. The van der Waals surface area contributed by atoms with Crippen LogP contribution < -0.4 is 0 Å². The van der Waals surface area contributed by atoms with Crippen molar-refractivity contribution in [1.29, 1.82) is 0 Å². The molecule has 0 saturated carbocycles. The molecule has 2 aliphatic rings. The number of amides is 1. The Bertz CT molecular complexity index is 211. The van der Waals surface area contributed by atoms with Crippen molar-refractivity contribution in [3.05, 3.63) is 0 Å². The lowest BCUT2D eigenvalue weighted by atomic mass is 9.85. The Morgan fingerprint density at radius 2 is 2.07 bits per heavy atom. The third-order valence-electron chi connectivity index (χ3n) is 3.11. The Kier molecular flexibility index (Phi) is 4.54. The first-order valence-electron chi connectivity index (χ1n) is 5.75. The maximum atomic E-state index is 10.7. The molecule has 2 saturated heterocycles. The molecular weight excluding hydrogens is 192 g/mol. The third-order valence-corrected chi connectivity index (χ3v) is 3.11. The van der Waals surface area contributed by atoms with Gasteiger partial charge in [0.25, 0.3) is 0 Å². The van der Waals surface area contributed by atoms with Gasteiger partial charge in [-0.15, -0.1) is 0 Å². The van der Waals surface area contributed by atoms with E-state index in [0.29, 0.717) is 6.61 Å². The Morgan fingerprint density at radius 3 is 2.60 bits per heavy atom. The van der Waals surface area contributed by atoms with Gasteiger partial charge in [0.05, 0.1) is 18.8 Å². The van der Waals surface area contributed by atoms with Gasteiger partial charge >= 0.3 is 0 Å². The van der Waals surface area contributed by atoms with Gasteiger partial charge in [0.2, 0.25) is 6.41 Å². The predicted molar refractivity (Wildman–Crippen MR) is 59.8 cm³/mol. The largest absolute Gasteiger partial charge is 0.378 e. The average Bonchev–Trinajstić information content (AvgIpc) is 2.44. The number of rotatable bonds is 1. The van der Waals surface area contributed by atoms with E-state index in [1.807, 2.05) is 18.7 Å². The minimum atomic E-state index is -0.00694. The van der Waals surface area contributed by atoms with Gasteiger partial charge in [0.1, 0.15) is 0 Å². The second-order valence-corrected chi connectivity index (χ2v) is 4.06. The van der Waals surface area contributed by atoms with Crippen LogP contribution in [0.2, 0.25) is 0 Å². The maximum absolute atomic E-state index is 10.7. The molecule has 0 N–H and O–H groups in total. The molecule has 2 fully saturated rings. The standard InChI is InChI=1S/C9H16N2O2.C2H6/c1-10-4-5-13-7-9(6-10)2-3-11(9)8-12;1-2/h8H,2-7H2,1H3;1-2H3. The van der Waals surface area contributed by atoms with Crippen LogP contribution >= 0.6 is 0 Å². The topological polar surface area (TPSA) is 32.8 Å². The second kappa shape index (κ2) is 5.47. The SMILES string of the molecule is CC.CN1CCOCC2(CCN2C=O)C1. The van der Waals surface area contributed by atoms with Crippen molar-refractivity contribution in [2.24, 2.45) is 0 Å². The van der Waals surface area contributed by atoms with Crippen LogP contribution in [0.3, 0.4) is 0 Å². The zero-order valence-electron chi connectivity index (χ0n) is 10.0. The van der Waals surface area contributed by atoms with Gasteiger partial charge < -0.3 is 14.5 Å². The monoisotopic (exact) mass is 214 g/mol. The van der Waals surface area contributed by atoms with Gasteiger partial charge in [-0.25, -0.2) is 0 Å². The van der Waals surface area contributed by atoms with Gasteiger partial charge in [-0.1, -0.05) is 13.8 Å².